The summed E-state index contributed by atoms with van der Waals surface area (Å²) in [5.74, 6) is 0. The molecule has 1 saturated heterocycles. The topological polar surface area (TPSA) is 49.8 Å². The lowest BCUT2D eigenvalue weighted by Crippen LogP contribution is -2.61. The molecular formula is C13H23NO3. The molecule has 1 spiro atoms. The molecule has 1 saturated carbocycles. The van der Waals surface area contributed by atoms with Crippen LogP contribution in [0, 0.1) is 0 Å². The van der Waals surface area contributed by atoms with Gasteiger partial charge < -0.3 is 14.7 Å². The van der Waals surface area contributed by atoms with Crippen molar-refractivity contribution in [1.29, 1.82) is 0 Å². The largest absolute Gasteiger partial charge is 0.444 e. The van der Waals surface area contributed by atoms with E-state index in [-0.39, 0.29) is 17.7 Å². The van der Waals surface area contributed by atoms with Crippen molar-refractivity contribution in [3.63, 3.8) is 0 Å². The molecule has 1 N–H and O–H groups in total. The molecule has 4 heteroatoms. The van der Waals surface area contributed by atoms with Crippen LogP contribution in [-0.2, 0) is 4.74 Å². The number of aliphatic hydroxyl groups is 1. The lowest BCUT2D eigenvalue weighted by atomic mass is 9.69. The van der Waals surface area contributed by atoms with Crippen molar-refractivity contribution in [3.05, 3.63) is 0 Å². The van der Waals surface area contributed by atoms with E-state index in [9.17, 15) is 9.90 Å². The van der Waals surface area contributed by atoms with Gasteiger partial charge in [-0.2, -0.15) is 0 Å². The number of piperidine rings is 1. The Morgan fingerprint density at radius 1 is 1.41 bits per heavy atom. The van der Waals surface area contributed by atoms with Crippen LogP contribution >= 0.6 is 0 Å². The molecule has 98 valence electrons. The molecule has 0 aromatic heterocycles. The Morgan fingerprint density at radius 2 is 2.06 bits per heavy atom. The van der Waals surface area contributed by atoms with E-state index in [4.69, 9.17) is 4.74 Å². The summed E-state index contributed by atoms with van der Waals surface area (Å²) in [5, 5.41) is 9.76. The zero-order valence-electron chi connectivity index (χ0n) is 11.0. The van der Waals surface area contributed by atoms with E-state index in [1.54, 1.807) is 0 Å². The van der Waals surface area contributed by atoms with Crippen molar-refractivity contribution in [2.45, 2.75) is 70.1 Å². The van der Waals surface area contributed by atoms with Gasteiger partial charge in [-0.05, 0) is 52.9 Å². The van der Waals surface area contributed by atoms with Gasteiger partial charge in [0.2, 0.25) is 0 Å². The smallest absolute Gasteiger partial charge is 0.410 e. The number of nitrogens with zero attached hydrogens (tertiary/aromatic N) is 1. The third kappa shape index (κ3) is 2.57. The Labute approximate surface area is 103 Å². The number of ether oxygens (including phenoxy) is 1. The number of likely N-dealkylation sites (tertiary alicyclic amines) is 1. The second kappa shape index (κ2) is 4.16. The quantitative estimate of drug-likeness (QED) is 0.708. The lowest BCUT2D eigenvalue weighted by molar-refractivity contribution is -0.0723. The summed E-state index contributed by atoms with van der Waals surface area (Å²) in [4.78, 5) is 14.0. The van der Waals surface area contributed by atoms with E-state index in [1.165, 1.54) is 0 Å². The molecule has 17 heavy (non-hydrogen) atoms. The minimum absolute atomic E-state index is 0.111. The molecule has 2 aliphatic rings. The Bertz CT molecular complexity index is 304. The highest BCUT2D eigenvalue weighted by atomic mass is 16.6. The summed E-state index contributed by atoms with van der Waals surface area (Å²) < 4.78 is 5.45. The molecule has 0 aromatic carbocycles. The summed E-state index contributed by atoms with van der Waals surface area (Å²) in [6.45, 7) is 6.28. The van der Waals surface area contributed by atoms with Crippen LogP contribution in [0.5, 0.6) is 0 Å². The molecular weight excluding hydrogens is 218 g/mol. The van der Waals surface area contributed by atoms with E-state index in [1.807, 2.05) is 25.7 Å². The molecule has 1 amide bonds. The number of carbonyl (C=O) groups is 1. The second-order valence-corrected chi connectivity index (χ2v) is 6.36. The van der Waals surface area contributed by atoms with Crippen molar-refractivity contribution >= 4 is 6.09 Å². The minimum Gasteiger partial charge on any atom is -0.444 e. The van der Waals surface area contributed by atoms with E-state index in [0.717, 1.165) is 19.3 Å². The van der Waals surface area contributed by atoms with E-state index in [2.05, 4.69) is 0 Å². The summed E-state index contributed by atoms with van der Waals surface area (Å²) in [7, 11) is 0. The maximum Gasteiger partial charge on any atom is 0.410 e. The predicted octanol–water partition coefficient (Wildman–Crippen LogP) is 2.30. The Morgan fingerprint density at radius 3 is 2.53 bits per heavy atom. The predicted molar refractivity (Wildman–Crippen MR) is 64.8 cm³/mol. The van der Waals surface area contributed by atoms with Crippen LogP contribution in [0.4, 0.5) is 4.79 Å². The Balaban J connectivity index is 2.06. The zero-order chi connectivity index (χ0) is 12.7. The van der Waals surface area contributed by atoms with Crippen molar-refractivity contribution < 1.29 is 14.6 Å². The molecule has 1 aliphatic carbocycles. The molecule has 2 fully saturated rings. The Hall–Kier alpha value is -0.770. The third-order valence-corrected chi connectivity index (χ3v) is 3.77. The van der Waals surface area contributed by atoms with Crippen LogP contribution in [0.15, 0.2) is 0 Å². The van der Waals surface area contributed by atoms with Gasteiger partial charge in [0, 0.05) is 12.1 Å². The van der Waals surface area contributed by atoms with Gasteiger partial charge in [-0.25, -0.2) is 4.79 Å². The normalized spacial score (nSPS) is 27.8. The average molecular weight is 241 g/mol. The number of amides is 1. The first-order valence-electron chi connectivity index (χ1n) is 6.51. The lowest BCUT2D eigenvalue weighted by Gasteiger charge is -2.53. The molecule has 1 unspecified atom stereocenters. The van der Waals surface area contributed by atoms with Crippen LogP contribution in [0.2, 0.25) is 0 Å². The van der Waals surface area contributed by atoms with Gasteiger partial charge in [-0.3, -0.25) is 0 Å². The fourth-order valence-corrected chi connectivity index (χ4v) is 2.83. The first kappa shape index (κ1) is 12.7. The SMILES string of the molecule is CC(C)(C)OC(=O)N1CCC(O)CC12CCC2. The first-order chi connectivity index (χ1) is 7.82. The summed E-state index contributed by atoms with van der Waals surface area (Å²) in [6, 6.07) is 0. The Kier molecular flexibility index (Phi) is 3.10. The number of hydrogen-bond acceptors (Lipinski definition) is 3. The average Bonchev–Trinajstić information content (AvgIpc) is 2.12. The molecule has 2 rings (SSSR count). The molecule has 1 atom stereocenters. The highest BCUT2D eigenvalue weighted by molar-refractivity contribution is 5.69. The van der Waals surface area contributed by atoms with Gasteiger partial charge in [0.1, 0.15) is 5.60 Å². The van der Waals surface area contributed by atoms with E-state index < -0.39 is 5.60 Å². The van der Waals surface area contributed by atoms with Crippen molar-refractivity contribution in [1.82, 2.24) is 4.90 Å². The number of carbonyl (C=O) groups excluding carboxylic acids is 1. The van der Waals surface area contributed by atoms with Crippen molar-refractivity contribution in [2.24, 2.45) is 0 Å². The van der Waals surface area contributed by atoms with Crippen LogP contribution < -0.4 is 0 Å². The molecule has 1 heterocycles. The number of aliphatic hydroxyl groups excluding tert-OH is 1. The number of rotatable bonds is 0. The highest BCUT2D eigenvalue weighted by Crippen LogP contribution is 2.44. The van der Waals surface area contributed by atoms with Gasteiger partial charge in [-0.15, -0.1) is 0 Å². The van der Waals surface area contributed by atoms with Crippen LogP contribution in [-0.4, -0.2) is 39.9 Å². The maximum atomic E-state index is 12.2. The molecule has 0 radical (unpaired) electrons. The third-order valence-electron chi connectivity index (χ3n) is 3.77. The molecule has 0 bridgehead atoms. The van der Waals surface area contributed by atoms with Crippen LogP contribution in [0.25, 0.3) is 0 Å². The summed E-state index contributed by atoms with van der Waals surface area (Å²) >= 11 is 0. The van der Waals surface area contributed by atoms with Crippen LogP contribution in [0.1, 0.15) is 52.9 Å². The molecule has 1 aliphatic heterocycles. The standard InChI is InChI=1S/C13H23NO3/c1-12(2,3)17-11(16)14-8-5-10(15)9-13(14)6-4-7-13/h10,15H,4-9H2,1-3H3. The van der Waals surface area contributed by atoms with Crippen LogP contribution in [0.3, 0.4) is 0 Å². The zero-order valence-corrected chi connectivity index (χ0v) is 11.0. The monoisotopic (exact) mass is 241 g/mol. The van der Waals surface area contributed by atoms with Gasteiger partial charge in [-0.1, -0.05) is 0 Å². The fraction of sp³-hybridized carbons (Fsp3) is 0.923. The van der Waals surface area contributed by atoms with E-state index in [0.29, 0.717) is 19.4 Å². The first-order valence-corrected chi connectivity index (χ1v) is 6.51. The van der Waals surface area contributed by atoms with Gasteiger partial charge >= 0.3 is 6.09 Å². The summed E-state index contributed by atoms with van der Waals surface area (Å²) in [6.07, 6.45) is 4.06. The minimum atomic E-state index is -0.446. The highest BCUT2D eigenvalue weighted by Gasteiger charge is 2.49. The van der Waals surface area contributed by atoms with Crippen molar-refractivity contribution in [3.8, 4) is 0 Å². The molecule has 4 nitrogen and oxygen atoms in total. The van der Waals surface area contributed by atoms with Gasteiger partial charge in [0.15, 0.2) is 0 Å². The van der Waals surface area contributed by atoms with Gasteiger partial charge in [0.25, 0.3) is 0 Å². The maximum absolute atomic E-state index is 12.2. The second-order valence-electron chi connectivity index (χ2n) is 6.36. The number of hydrogen-bond donors (Lipinski definition) is 1. The summed E-state index contributed by atoms with van der Waals surface area (Å²) in [5.41, 5.74) is -0.557. The van der Waals surface area contributed by atoms with Crippen molar-refractivity contribution in [2.75, 3.05) is 6.54 Å². The van der Waals surface area contributed by atoms with Gasteiger partial charge in [0.05, 0.1) is 6.10 Å². The fourth-order valence-electron chi connectivity index (χ4n) is 2.83. The van der Waals surface area contributed by atoms with E-state index >= 15 is 0 Å². The molecule has 0 aromatic rings.